The van der Waals surface area contributed by atoms with Gasteiger partial charge in [0.15, 0.2) is 0 Å². The number of hydrogen-bond donors (Lipinski definition) is 1. The van der Waals surface area contributed by atoms with Gasteiger partial charge in [-0.3, -0.25) is 4.79 Å². The molecule has 100 valence electrons. The van der Waals surface area contributed by atoms with Crippen molar-refractivity contribution in [1.82, 2.24) is 5.32 Å². The van der Waals surface area contributed by atoms with E-state index < -0.39 is 36.2 Å². The molecule has 0 aliphatic carbocycles. The Morgan fingerprint density at radius 3 is 2.56 bits per heavy atom. The predicted molar refractivity (Wildman–Crippen MR) is 57.4 cm³/mol. The number of hydrogen-bond acceptors (Lipinski definition) is 1. The Balaban J connectivity index is 2.75. The van der Waals surface area contributed by atoms with E-state index in [1.165, 1.54) is 12.1 Å². The Labute approximate surface area is 107 Å². The zero-order valence-electron chi connectivity index (χ0n) is 8.69. The summed E-state index contributed by atoms with van der Waals surface area (Å²) >= 11 is 2.81. The lowest BCUT2D eigenvalue weighted by Crippen LogP contribution is -2.41. The molecule has 2 nitrogen and oxygen atoms in total. The Bertz CT molecular complexity index is 452. The Kier molecular flexibility index (Phi) is 4.66. The molecule has 0 saturated carbocycles. The molecule has 0 saturated heterocycles. The van der Waals surface area contributed by atoms with E-state index in [0.717, 1.165) is 6.07 Å². The SMILES string of the molecule is O=C(NCC(F)(F)C(F)F)c1cccc(Br)c1F. The summed E-state index contributed by atoms with van der Waals surface area (Å²) in [5, 5.41) is 1.56. The van der Waals surface area contributed by atoms with Crippen LogP contribution in [0.2, 0.25) is 0 Å². The van der Waals surface area contributed by atoms with Crippen LogP contribution in [-0.4, -0.2) is 24.8 Å². The smallest absolute Gasteiger partial charge is 0.324 e. The largest absolute Gasteiger partial charge is 0.346 e. The van der Waals surface area contributed by atoms with Crippen LogP contribution in [0.25, 0.3) is 0 Å². The van der Waals surface area contributed by atoms with Crippen molar-refractivity contribution in [3.63, 3.8) is 0 Å². The van der Waals surface area contributed by atoms with Gasteiger partial charge in [-0.1, -0.05) is 6.07 Å². The third-order valence-corrected chi connectivity index (χ3v) is 2.61. The molecule has 8 heteroatoms. The highest BCUT2D eigenvalue weighted by molar-refractivity contribution is 9.10. The molecule has 1 amide bonds. The van der Waals surface area contributed by atoms with Crippen LogP contribution in [-0.2, 0) is 0 Å². The number of nitrogens with one attached hydrogen (secondary N) is 1. The summed E-state index contributed by atoms with van der Waals surface area (Å²) in [4.78, 5) is 11.3. The van der Waals surface area contributed by atoms with Gasteiger partial charge in [-0.25, -0.2) is 13.2 Å². The number of amides is 1. The van der Waals surface area contributed by atoms with E-state index in [4.69, 9.17) is 0 Å². The predicted octanol–water partition coefficient (Wildman–Crippen LogP) is 3.22. The lowest BCUT2D eigenvalue weighted by atomic mass is 10.2. The van der Waals surface area contributed by atoms with Crippen molar-refractivity contribution in [3.8, 4) is 0 Å². The molecule has 0 spiro atoms. The molecular formula is C10H7BrF5NO. The van der Waals surface area contributed by atoms with Gasteiger partial charge in [-0.15, -0.1) is 0 Å². The van der Waals surface area contributed by atoms with Crippen molar-refractivity contribution in [1.29, 1.82) is 0 Å². The van der Waals surface area contributed by atoms with Crippen molar-refractivity contribution < 1.29 is 26.7 Å². The molecule has 0 unspecified atom stereocenters. The van der Waals surface area contributed by atoms with Gasteiger partial charge in [0.2, 0.25) is 0 Å². The van der Waals surface area contributed by atoms with E-state index in [1.807, 2.05) is 0 Å². The molecule has 0 fully saturated rings. The van der Waals surface area contributed by atoms with Crippen LogP contribution in [0.5, 0.6) is 0 Å². The molecule has 0 heterocycles. The van der Waals surface area contributed by atoms with Gasteiger partial charge in [-0.2, -0.15) is 8.78 Å². The van der Waals surface area contributed by atoms with Gasteiger partial charge in [0.25, 0.3) is 5.91 Å². The first-order chi connectivity index (χ1) is 8.25. The van der Waals surface area contributed by atoms with E-state index in [0.29, 0.717) is 0 Å². The van der Waals surface area contributed by atoms with Crippen LogP contribution in [0.1, 0.15) is 10.4 Å². The van der Waals surface area contributed by atoms with Crippen molar-refractivity contribution >= 4 is 21.8 Å². The van der Waals surface area contributed by atoms with Gasteiger partial charge >= 0.3 is 12.3 Å². The molecule has 0 aliphatic heterocycles. The lowest BCUT2D eigenvalue weighted by Gasteiger charge is -2.15. The van der Waals surface area contributed by atoms with E-state index in [2.05, 4.69) is 15.9 Å². The minimum Gasteiger partial charge on any atom is -0.346 e. The fraction of sp³-hybridized carbons (Fsp3) is 0.300. The molecule has 1 N–H and O–H groups in total. The fourth-order valence-corrected chi connectivity index (χ4v) is 1.42. The molecule has 0 atom stereocenters. The molecule has 1 rings (SSSR count). The minimum atomic E-state index is -4.35. The Morgan fingerprint density at radius 2 is 2.00 bits per heavy atom. The number of carbonyl (C=O) groups excluding carboxylic acids is 1. The maximum Gasteiger partial charge on any atom is 0.324 e. The van der Waals surface area contributed by atoms with Crippen molar-refractivity contribution in [2.24, 2.45) is 0 Å². The van der Waals surface area contributed by atoms with Crippen LogP contribution in [0.4, 0.5) is 22.0 Å². The number of alkyl halides is 4. The normalized spacial score (nSPS) is 11.7. The maximum atomic E-state index is 13.4. The third kappa shape index (κ3) is 3.41. The van der Waals surface area contributed by atoms with Crippen LogP contribution in [0.15, 0.2) is 22.7 Å². The lowest BCUT2D eigenvalue weighted by molar-refractivity contribution is -0.123. The quantitative estimate of drug-likeness (QED) is 0.843. The molecular weight excluding hydrogens is 325 g/mol. The summed E-state index contributed by atoms with van der Waals surface area (Å²) in [5.74, 6) is -6.48. The Hall–Kier alpha value is -1.18. The minimum absolute atomic E-state index is 0.0317. The maximum absolute atomic E-state index is 13.4. The summed E-state index contributed by atoms with van der Waals surface area (Å²) in [6.45, 7) is -1.56. The second-order valence-corrected chi connectivity index (χ2v) is 4.20. The molecule has 0 radical (unpaired) electrons. The Morgan fingerprint density at radius 1 is 1.39 bits per heavy atom. The van der Waals surface area contributed by atoms with Crippen molar-refractivity contribution in [3.05, 3.63) is 34.1 Å². The van der Waals surface area contributed by atoms with Crippen LogP contribution in [0.3, 0.4) is 0 Å². The van der Waals surface area contributed by atoms with Gasteiger partial charge in [0.1, 0.15) is 5.82 Å². The molecule has 1 aromatic carbocycles. The first-order valence-electron chi connectivity index (χ1n) is 4.64. The van der Waals surface area contributed by atoms with E-state index in [-0.39, 0.29) is 4.47 Å². The number of benzene rings is 1. The van der Waals surface area contributed by atoms with Gasteiger partial charge in [0, 0.05) is 0 Å². The number of carbonyl (C=O) groups is 1. The van der Waals surface area contributed by atoms with Crippen LogP contribution in [0, 0.1) is 5.82 Å². The number of rotatable bonds is 4. The van der Waals surface area contributed by atoms with E-state index in [9.17, 15) is 26.7 Å². The second-order valence-electron chi connectivity index (χ2n) is 3.35. The molecule has 0 aromatic heterocycles. The molecule has 18 heavy (non-hydrogen) atoms. The zero-order valence-corrected chi connectivity index (χ0v) is 10.3. The van der Waals surface area contributed by atoms with Gasteiger partial charge in [-0.05, 0) is 28.1 Å². The second kappa shape index (κ2) is 5.64. The monoisotopic (exact) mass is 331 g/mol. The highest BCUT2D eigenvalue weighted by Crippen LogP contribution is 2.22. The van der Waals surface area contributed by atoms with Crippen LogP contribution >= 0.6 is 15.9 Å². The third-order valence-electron chi connectivity index (χ3n) is 2.00. The first kappa shape index (κ1) is 14.9. The van der Waals surface area contributed by atoms with E-state index in [1.54, 1.807) is 5.32 Å². The molecule has 0 aliphatic rings. The van der Waals surface area contributed by atoms with Crippen molar-refractivity contribution in [2.45, 2.75) is 12.3 Å². The van der Waals surface area contributed by atoms with Gasteiger partial charge < -0.3 is 5.32 Å². The summed E-state index contributed by atoms with van der Waals surface area (Å²) in [6.07, 6.45) is -3.90. The highest BCUT2D eigenvalue weighted by atomic mass is 79.9. The van der Waals surface area contributed by atoms with E-state index >= 15 is 0 Å². The van der Waals surface area contributed by atoms with Crippen LogP contribution < -0.4 is 5.32 Å². The number of halogens is 6. The summed E-state index contributed by atoms with van der Waals surface area (Å²) in [5.41, 5.74) is -0.505. The van der Waals surface area contributed by atoms with Gasteiger partial charge in [0.05, 0.1) is 16.6 Å². The average Bonchev–Trinajstić information content (AvgIpc) is 2.29. The topological polar surface area (TPSA) is 29.1 Å². The highest BCUT2D eigenvalue weighted by Gasteiger charge is 2.41. The zero-order chi connectivity index (χ0) is 13.9. The summed E-state index contributed by atoms with van der Waals surface area (Å²) in [6, 6.07) is 3.67. The molecule has 0 bridgehead atoms. The first-order valence-corrected chi connectivity index (χ1v) is 5.43. The molecule has 1 aromatic rings. The average molecular weight is 332 g/mol. The fourth-order valence-electron chi connectivity index (χ4n) is 1.05. The summed E-state index contributed by atoms with van der Waals surface area (Å²) < 4.78 is 62.1. The standard InChI is InChI=1S/C10H7BrF5NO/c11-6-3-1-2-5(7(6)12)8(18)17-4-10(15,16)9(13)14/h1-3,9H,4H2,(H,17,18). The summed E-state index contributed by atoms with van der Waals surface area (Å²) in [7, 11) is 0. The van der Waals surface area contributed by atoms with Crippen molar-refractivity contribution in [2.75, 3.05) is 6.54 Å².